The van der Waals surface area contributed by atoms with Crippen molar-refractivity contribution in [3.63, 3.8) is 0 Å². The van der Waals surface area contributed by atoms with Crippen LogP contribution in [0.15, 0.2) is 35.0 Å². The molecule has 132 valence electrons. The number of esters is 1. The second-order valence-electron chi connectivity index (χ2n) is 6.07. The van der Waals surface area contributed by atoms with E-state index < -0.39 is 11.9 Å². The van der Waals surface area contributed by atoms with Gasteiger partial charge in [0, 0.05) is 32.9 Å². The van der Waals surface area contributed by atoms with Crippen LogP contribution >= 0.6 is 22.9 Å². The molecule has 0 fully saturated rings. The first-order valence-corrected chi connectivity index (χ1v) is 9.27. The van der Waals surface area contributed by atoms with Crippen molar-refractivity contribution in [3.8, 4) is 11.3 Å². The average Bonchev–Trinajstić information content (AvgIpc) is 3.31. The van der Waals surface area contributed by atoms with Gasteiger partial charge in [-0.1, -0.05) is 11.6 Å². The van der Waals surface area contributed by atoms with Crippen LogP contribution in [-0.4, -0.2) is 24.0 Å². The zero-order valence-electron chi connectivity index (χ0n) is 14.1. The fourth-order valence-electron chi connectivity index (χ4n) is 3.45. The summed E-state index contributed by atoms with van der Waals surface area (Å²) in [6.45, 7) is 1.80. The predicted octanol–water partition coefficient (Wildman–Crippen LogP) is 4.58. The molecule has 3 aromatic rings. The molecule has 1 unspecified atom stereocenters. The summed E-state index contributed by atoms with van der Waals surface area (Å²) < 4.78 is 4.98. The second-order valence-corrected chi connectivity index (χ2v) is 7.29. The molecule has 0 spiro atoms. The van der Waals surface area contributed by atoms with E-state index in [1.807, 2.05) is 16.8 Å². The lowest BCUT2D eigenvalue weighted by Crippen LogP contribution is -2.17. The van der Waals surface area contributed by atoms with Gasteiger partial charge >= 0.3 is 5.97 Å². The Kier molecular flexibility index (Phi) is 4.09. The Morgan fingerprint density at radius 3 is 2.81 bits per heavy atom. The summed E-state index contributed by atoms with van der Waals surface area (Å²) >= 11 is 7.71. The molecule has 0 saturated carbocycles. The number of carbonyl (C=O) groups excluding carboxylic acids is 2. The quantitative estimate of drug-likeness (QED) is 0.647. The lowest BCUT2D eigenvalue weighted by molar-refractivity contribution is -0.116. The summed E-state index contributed by atoms with van der Waals surface area (Å²) in [4.78, 5) is 28.6. The normalized spacial score (nSPS) is 15.7. The monoisotopic (exact) mass is 386 g/mol. The van der Waals surface area contributed by atoms with Crippen molar-refractivity contribution >= 4 is 40.5 Å². The molecule has 0 bridgehead atoms. The third-order valence-electron chi connectivity index (χ3n) is 4.56. The maximum absolute atomic E-state index is 12.8. The third-order valence-corrected chi connectivity index (χ3v) is 5.48. The van der Waals surface area contributed by atoms with Crippen LogP contribution in [0.3, 0.4) is 0 Å². The van der Waals surface area contributed by atoms with Gasteiger partial charge in [0.15, 0.2) is 0 Å². The van der Waals surface area contributed by atoms with Crippen molar-refractivity contribution in [3.05, 3.63) is 62.4 Å². The van der Waals surface area contributed by atoms with Crippen molar-refractivity contribution in [2.75, 3.05) is 12.4 Å². The molecule has 1 aliphatic heterocycles. The number of ether oxygens (including phenoxy) is 1. The maximum atomic E-state index is 12.8. The molecule has 0 aliphatic carbocycles. The molecule has 4 rings (SSSR count). The standard InChI is InChI=1S/C19H15ClN2O3S/c1-9-14(19(24)25-2)16(17(21-9)10-5-6-26-8-10)15-12-7-11(20)3-4-13(12)22-18(15)23/h3-8,15,21H,1-2H3,(H,22,23). The van der Waals surface area contributed by atoms with Crippen molar-refractivity contribution in [2.45, 2.75) is 12.8 Å². The van der Waals surface area contributed by atoms with Crippen LogP contribution in [0.5, 0.6) is 0 Å². The Morgan fingerprint density at radius 1 is 1.31 bits per heavy atom. The molecular formula is C19H15ClN2O3S. The molecule has 2 N–H and O–H groups in total. The van der Waals surface area contributed by atoms with Crippen LogP contribution in [0, 0.1) is 6.92 Å². The molecular weight excluding hydrogens is 372 g/mol. The van der Waals surface area contributed by atoms with Gasteiger partial charge in [0.25, 0.3) is 0 Å². The first kappa shape index (κ1) is 16.9. The molecule has 1 aromatic carbocycles. The number of anilines is 1. The number of aromatic nitrogens is 1. The number of amides is 1. The van der Waals surface area contributed by atoms with Crippen molar-refractivity contribution in [1.82, 2.24) is 4.98 Å². The summed E-state index contributed by atoms with van der Waals surface area (Å²) in [5.41, 5.74) is 4.80. The summed E-state index contributed by atoms with van der Waals surface area (Å²) in [5, 5.41) is 7.34. The Balaban J connectivity index is 2.01. The maximum Gasteiger partial charge on any atom is 0.340 e. The number of carbonyl (C=O) groups is 2. The highest BCUT2D eigenvalue weighted by Crippen LogP contribution is 2.44. The SMILES string of the molecule is COC(=O)c1c(C)[nH]c(-c2ccsc2)c1C1C(=O)Nc2ccc(Cl)cc21. The van der Waals surface area contributed by atoms with Crippen LogP contribution in [0.2, 0.25) is 5.02 Å². The van der Waals surface area contributed by atoms with Crippen LogP contribution in [-0.2, 0) is 9.53 Å². The number of fused-ring (bicyclic) bond motifs is 1. The molecule has 0 saturated heterocycles. The van der Waals surface area contributed by atoms with E-state index in [1.165, 1.54) is 7.11 Å². The molecule has 1 amide bonds. The number of nitrogens with one attached hydrogen (secondary N) is 2. The first-order valence-electron chi connectivity index (χ1n) is 7.95. The predicted molar refractivity (Wildman–Crippen MR) is 102 cm³/mol. The highest BCUT2D eigenvalue weighted by molar-refractivity contribution is 7.08. The summed E-state index contributed by atoms with van der Waals surface area (Å²) in [5.74, 6) is -1.31. The van der Waals surface area contributed by atoms with Crippen molar-refractivity contribution < 1.29 is 14.3 Å². The van der Waals surface area contributed by atoms with Crippen molar-refractivity contribution in [2.24, 2.45) is 0 Å². The average molecular weight is 387 g/mol. The van der Waals surface area contributed by atoms with Crippen LogP contribution < -0.4 is 5.32 Å². The lowest BCUT2D eigenvalue weighted by Gasteiger charge is -2.13. The van der Waals surface area contributed by atoms with Gasteiger partial charge in [0.05, 0.1) is 24.3 Å². The van der Waals surface area contributed by atoms with Crippen LogP contribution in [0.1, 0.15) is 33.1 Å². The number of methoxy groups -OCH3 is 1. The minimum atomic E-state index is -0.641. The van der Waals surface area contributed by atoms with Gasteiger partial charge in [-0.25, -0.2) is 4.79 Å². The van der Waals surface area contributed by atoms with Crippen LogP contribution in [0.4, 0.5) is 5.69 Å². The molecule has 5 nitrogen and oxygen atoms in total. The van der Waals surface area contributed by atoms with Gasteiger partial charge in [0.1, 0.15) is 0 Å². The number of thiophene rings is 1. The molecule has 26 heavy (non-hydrogen) atoms. The van der Waals surface area contributed by atoms with E-state index in [-0.39, 0.29) is 5.91 Å². The fraction of sp³-hybridized carbons (Fsp3) is 0.158. The summed E-state index contributed by atoms with van der Waals surface area (Å²) in [6.07, 6.45) is 0. The highest BCUT2D eigenvalue weighted by atomic mass is 35.5. The first-order chi connectivity index (χ1) is 12.5. The van der Waals surface area contributed by atoms with Crippen LogP contribution in [0.25, 0.3) is 11.3 Å². The molecule has 3 heterocycles. The van der Waals surface area contributed by atoms with E-state index >= 15 is 0 Å². The molecule has 0 radical (unpaired) electrons. The smallest absolute Gasteiger partial charge is 0.340 e. The number of aryl methyl sites for hydroxylation is 1. The molecule has 2 aromatic heterocycles. The zero-order chi connectivity index (χ0) is 18.4. The van der Waals surface area contributed by atoms with Gasteiger partial charge in [0.2, 0.25) is 5.91 Å². The summed E-state index contributed by atoms with van der Waals surface area (Å²) in [6, 6.07) is 7.22. The fourth-order valence-corrected chi connectivity index (χ4v) is 4.28. The minimum absolute atomic E-state index is 0.192. The number of H-pyrrole nitrogens is 1. The summed E-state index contributed by atoms with van der Waals surface area (Å²) in [7, 11) is 1.34. The van der Waals surface area contributed by atoms with E-state index in [0.717, 1.165) is 16.8 Å². The van der Waals surface area contributed by atoms with Gasteiger partial charge < -0.3 is 15.0 Å². The highest BCUT2D eigenvalue weighted by Gasteiger charge is 2.38. The second kappa shape index (κ2) is 6.30. The van der Waals surface area contributed by atoms with Gasteiger partial charge in [-0.2, -0.15) is 11.3 Å². The number of aromatic amines is 1. The minimum Gasteiger partial charge on any atom is -0.465 e. The van der Waals surface area contributed by atoms with Gasteiger partial charge in [-0.15, -0.1) is 0 Å². The Labute approximate surface area is 159 Å². The zero-order valence-corrected chi connectivity index (χ0v) is 15.6. The Hall–Kier alpha value is -2.57. The lowest BCUT2D eigenvalue weighted by atomic mass is 9.88. The van der Waals surface area contributed by atoms with E-state index in [0.29, 0.717) is 27.5 Å². The number of rotatable bonds is 3. The Bertz CT molecular complexity index is 1020. The van der Waals surface area contributed by atoms with E-state index in [4.69, 9.17) is 16.3 Å². The third kappa shape index (κ3) is 2.53. The number of halogens is 1. The molecule has 1 atom stereocenters. The number of hydrogen-bond donors (Lipinski definition) is 2. The number of benzene rings is 1. The van der Waals surface area contributed by atoms with Gasteiger partial charge in [-0.3, -0.25) is 4.79 Å². The van der Waals surface area contributed by atoms with Crippen molar-refractivity contribution in [1.29, 1.82) is 0 Å². The molecule has 1 aliphatic rings. The van der Waals surface area contributed by atoms with E-state index in [1.54, 1.807) is 36.5 Å². The van der Waals surface area contributed by atoms with E-state index in [9.17, 15) is 9.59 Å². The number of hydrogen-bond acceptors (Lipinski definition) is 4. The van der Waals surface area contributed by atoms with E-state index in [2.05, 4.69) is 10.3 Å². The largest absolute Gasteiger partial charge is 0.465 e. The molecule has 7 heteroatoms. The topological polar surface area (TPSA) is 71.2 Å². The van der Waals surface area contributed by atoms with Gasteiger partial charge in [-0.05, 0) is 42.1 Å². The Morgan fingerprint density at radius 2 is 2.12 bits per heavy atom.